The number of aryl methyl sites for hydroxylation is 1. The Morgan fingerprint density at radius 1 is 0.957 bits per heavy atom. The lowest BCUT2D eigenvalue weighted by atomic mass is 9.86. The quantitative estimate of drug-likeness (QED) is 0.818. The van der Waals surface area contributed by atoms with Crippen molar-refractivity contribution in [3.05, 3.63) is 29.6 Å². The van der Waals surface area contributed by atoms with Gasteiger partial charge in [0.25, 0.3) is 0 Å². The average Bonchev–Trinajstić information content (AvgIpc) is 2.96. The van der Waals surface area contributed by atoms with Gasteiger partial charge < -0.3 is 5.32 Å². The van der Waals surface area contributed by atoms with Gasteiger partial charge in [0.1, 0.15) is 11.5 Å². The zero-order valence-corrected chi connectivity index (χ0v) is 14.4. The maximum atomic E-state index is 5.06. The van der Waals surface area contributed by atoms with Gasteiger partial charge in [0.05, 0.1) is 5.69 Å². The lowest BCUT2D eigenvalue weighted by molar-refractivity contribution is 0.435. The van der Waals surface area contributed by atoms with Crippen LogP contribution in [-0.4, -0.2) is 15.4 Å². The Morgan fingerprint density at radius 3 is 2.39 bits per heavy atom. The summed E-state index contributed by atoms with van der Waals surface area (Å²) in [6.45, 7) is 2.20. The molecule has 0 aromatic carbocycles. The third-order valence-corrected chi connectivity index (χ3v) is 5.80. The highest BCUT2D eigenvalue weighted by molar-refractivity contribution is 5.58. The van der Waals surface area contributed by atoms with E-state index in [2.05, 4.69) is 34.8 Å². The smallest absolute Gasteiger partial charge is 0.138 e. The largest absolute Gasteiger partial charge is 0.367 e. The summed E-state index contributed by atoms with van der Waals surface area (Å²) in [5.74, 6) is 1.95. The van der Waals surface area contributed by atoms with Crippen LogP contribution < -0.4 is 5.32 Å². The molecule has 1 N–H and O–H groups in total. The molecule has 0 bridgehead atoms. The number of nitrogens with one attached hydrogen (secondary N) is 1. The van der Waals surface area contributed by atoms with Crippen molar-refractivity contribution in [2.45, 2.75) is 83.1 Å². The van der Waals surface area contributed by atoms with Crippen molar-refractivity contribution in [3.8, 4) is 0 Å². The molecule has 2 aromatic rings. The molecular formula is C20H29N3. The van der Waals surface area contributed by atoms with Crippen LogP contribution in [0.5, 0.6) is 0 Å². The van der Waals surface area contributed by atoms with Crippen LogP contribution in [0.3, 0.4) is 0 Å². The van der Waals surface area contributed by atoms with Gasteiger partial charge >= 0.3 is 0 Å². The number of anilines is 1. The number of fused-ring (bicyclic) bond motifs is 1. The summed E-state index contributed by atoms with van der Waals surface area (Å²) in [6, 6.07) is 7.12. The molecule has 0 amide bonds. The molecular weight excluding hydrogens is 282 g/mol. The van der Waals surface area contributed by atoms with Crippen molar-refractivity contribution in [1.82, 2.24) is 9.38 Å². The molecule has 2 saturated carbocycles. The molecule has 0 aliphatic heterocycles. The van der Waals surface area contributed by atoms with Crippen LogP contribution in [-0.2, 0) is 0 Å². The van der Waals surface area contributed by atoms with Crippen molar-refractivity contribution >= 4 is 11.5 Å². The Balaban J connectivity index is 1.74. The lowest BCUT2D eigenvalue weighted by Gasteiger charge is -2.26. The average molecular weight is 311 g/mol. The fourth-order valence-electron chi connectivity index (χ4n) is 4.51. The molecule has 0 saturated heterocycles. The van der Waals surface area contributed by atoms with Gasteiger partial charge in [0.15, 0.2) is 0 Å². The highest BCUT2D eigenvalue weighted by Gasteiger charge is 2.25. The Morgan fingerprint density at radius 2 is 1.65 bits per heavy atom. The zero-order valence-electron chi connectivity index (χ0n) is 14.4. The van der Waals surface area contributed by atoms with Gasteiger partial charge in [0, 0.05) is 17.7 Å². The molecule has 124 valence electrons. The first-order valence-electron chi connectivity index (χ1n) is 9.57. The van der Waals surface area contributed by atoms with E-state index in [9.17, 15) is 0 Å². The summed E-state index contributed by atoms with van der Waals surface area (Å²) < 4.78 is 2.36. The first-order valence-corrected chi connectivity index (χ1v) is 9.57. The normalized spacial score (nSPS) is 20.9. The van der Waals surface area contributed by atoms with E-state index in [1.807, 2.05) is 0 Å². The minimum Gasteiger partial charge on any atom is -0.367 e. The number of nitrogens with zero attached hydrogens (tertiary/aromatic N) is 2. The van der Waals surface area contributed by atoms with Gasteiger partial charge in [-0.1, -0.05) is 44.6 Å². The Labute approximate surface area is 139 Å². The Hall–Kier alpha value is -1.51. The van der Waals surface area contributed by atoms with Crippen LogP contribution in [0.15, 0.2) is 18.2 Å². The van der Waals surface area contributed by atoms with Crippen LogP contribution in [0.2, 0.25) is 0 Å². The predicted octanol–water partition coefficient (Wildman–Crippen LogP) is 5.44. The van der Waals surface area contributed by atoms with Gasteiger partial charge in [-0.2, -0.15) is 0 Å². The van der Waals surface area contributed by atoms with E-state index < -0.39 is 0 Å². The number of rotatable bonds is 3. The predicted molar refractivity (Wildman–Crippen MR) is 96.3 cm³/mol. The van der Waals surface area contributed by atoms with Crippen molar-refractivity contribution in [1.29, 1.82) is 0 Å². The number of hydrogen-bond acceptors (Lipinski definition) is 2. The molecule has 2 aliphatic rings. The van der Waals surface area contributed by atoms with E-state index in [1.54, 1.807) is 0 Å². The highest BCUT2D eigenvalue weighted by Crippen LogP contribution is 2.37. The van der Waals surface area contributed by atoms with Crippen molar-refractivity contribution in [3.63, 3.8) is 0 Å². The summed E-state index contributed by atoms with van der Waals surface area (Å²) in [6.07, 6.45) is 13.5. The summed E-state index contributed by atoms with van der Waals surface area (Å²) in [4.78, 5) is 5.06. The van der Waals surface area contributed by atoms with Gasteiger partial charge in [-0.25, -0.2) is 4.98 Å². The first kappa shape index (κ1) is 15.0. The lowest BCUT2D eigenvalue weighted by Crippen LogP contribution is -2.24. The minimum absolute atomic E-state index is 0.630. The zero-order chi connectivity index (χ0) is 15.6. The molecule has 3 heteroatoms. The summed E-state index contributed by atoms with van der Waals surface area (Å²) >= 11 is 0. The molecule has 3 nitrogen and oxygen atoms in total. The maximum Gasteiger partial charge on any atom is 0.138 e. The second-order valence-electron chi connectivity index (χ2n) is 7.52. The summed E-state index contributed by atoms with van der Waals surface area (Å²) in [5.41, 5.74) is 3.74. The first-order chi connectivity index (χ1) is 11.3. The number of pyridine rings is 1. The molecule has 0 spiro atoms. The van der Waals surface area contributed by atoms with Gasteiger partial charge in [-0.05, 0) is 44.7 Å². The third-order valence-electron chi connectivity index (χ3n) is 5.80. The maximum absolute atomic E-state index is 5.06. The van der Waals surface area contributed by atoms with Gasteiger partial charge in [-0.3, -0.25) is 4.40 Å². The second kappa shape index (κ2) is 6.54. The molecule has 0 unspecified atom stereocenters. The van der Waals surface area contributed by atoms with Crippen LogP contribution >= 0.6 is 0 Å². The van der Waals surface area contributed by atoms with Crippen LogP contribution in [0.4, 0.5) is 5.82 Å². The van der Waals surface area contributed by atoms with Crippen molar-refractivity contribution < 1.29 is 0 Å². The second-order valence-corrected chi connectivity index (χ2v) is 7.52. The van der Waals surface area contributed by atoms with Crippen molar-refractivity contribution in [2.75, 3.05) is 5.32 Å². The van der Waals surface area contributed by atoms with Crippen LogP contribution in [0, 0.1) is 6.92 Å². The molecule has 2 aromatic heterocycles. The van der Waals surface area contributed by atoms with Crippen LogP contribution in [0.25, 0.3) is 5.65 Å². The molecule has 0 radical (unpaired) electrons. The van der Waals surface area contributed by atoms with Gasteiger partial charge in [0.2, 0.25) is 0 Å². The fraction of sp³-hybridized carbons (Fsp3) is 0.650. The molecule has 4 rings (SSSR count). The fourth-order valence-corrected chi connectivity index (χ4v) is 4.51. The SMILES string of the molecule is Cc1cccc2nc(C3CCCCC3)c(NC3CCCCC3)n12. The van der Waals surface area contributed by atoms with Crippen LogP contribution in [0.1, 0.15) is 81.5 Å². The van der Waals surface area contributed by atoms with Crippen molar-refractivity contribution in [2.24, 2.45) is 0 Å². The topological polar surface area (TPSA) is 29.3 Å². The molecule has 2 fully saturated rings. The highest BCUT2D eigenvalue weighted by atomic mass is 15.2. The standard InChI is InChI=1S/C20H29N3/c1-15-9-8-14-18-22-19(16-10-4-2-5-11-16)20(23(15)18)21-17-12-6-3-7-13-17/h8-9,14,16-17,21H,2-7,10-13H2,1H3. The number of imidazole rings is 1. The monoisotopic (exact) mass is 311 g/mol. The van der Waals surface area contributed by atoms with Gasteiger partial charge in [-0.15, -0.1) is 0 Å². The summed E-state index contributed by atoms with van der Waals surface area (Å²) in [7, 11) is 0. The molecule has 23 heavy (non-hydrogen) atoms. The van der Waals surface area contributed by atoms with E-state index in [4.69, 9.17) is 4.98 Å². The van der Waals surface area contributed by atoms with E-state index in [1.165, 1.54) is 81.4 Å². The Bertz CT molecular complexity index is 661. The van der Waals surface area contributed by atoms with E-state index >= 15 is 0 Å². The molecule has 2 aliphatic carbocycles. The minimum atomic E-state index is 0.630. The molecule has 2 heterocycles. The molecule has 0 atom stereocenters. The van der Waals surface area contributed by atoms with E-state index in [0.717, 1.165) is 5.65 Å². The van der Waals surface area contributed by atoms with E-state index in [-0.39, 0.29) is 0 Å². The third kappa shape index (κ3) is 2.98. The summed E-state index contributed by atoms with van der Waals surface area (Å²) in [5, 5.41) is 3.91. The number of aromatic nitrogens is 2. The number of hydrogen-bond donors (Lipinski definition) is 1. The Kier molecular flexibility index (Phi) is 4.28. The van der Waals surface area contributed by atoms with E-state index in [0.29, 0.717) is 12.0 Å².